The Morgan fingerprint density at radius 2 is 1.00 bits per heavy atom. The van der Waals surface area contributed by atoms with Crippen molar-refractivity contribution in [1.29, 1.82) is 0 Å². The number of imide groups is 1. The molecule has 0 N–H and O–H groups in total. The van der Waals surface area contributed by atoms with Crippen molar-refractivity contribution < 1.29 is 31.5 Å². The lowest BCUT2D eigenvalue weighted by Crippen LogP contribution is -2.33. The summed E-state index contributed by atoms with van der Waals surface area (Å²) in [6.45, 7) is 2.66. The van der Waals surface area contributed by atoms with Gasteiger partial charge in [0.05, 0.1) is 0 Å². The summed E-state index contributed by atoms with van der Waals surface area (Å²) in [5.74, 6) is -15.0. The normalized spacial score (nSPS) is 22.9. The fraction of sp³-hybridized carbons (Fsp3) is 0.333. The Bertz CT molecular complexity index is 582. The number of nitrogens with zero attached hydrogens (tertiary/aromatic N) is 1. The van der Waals surface area contributed by atoms with Crippen molar-refractivity contribution in [2.24, 2.45) is 11.8 Å². The number of halogens is 5. The Balaban J connectivity index is 2.72. The summed E-state index contributed by atoms with van der Waals surface area (Å²) in [4.78, 5) is 23.6. The van der Waals surface area contributed by atoms with Gasteiger partial charge in [-0.1, -0.05) is 13.8 Å². The first kappa shape index (κ1) is 14.4. The number of hydrogen-bond donors (Lipinski definition) is 0. The maximum atomic E-state index is 13.6. The van der Waals surface area contributed by atoms with Gasteiger partial charge >= 0.3 is 0 Å². The van der Waals surface area contributed by atoms with Gasteiger partial charge in [0.15, 0.2) is 23.3 Å². The Kier molecular flexibility index (Phi) is 3.27. The molecule has 0 saturated carbocycles. The monoisotopic (exact) mass is 293 g/mol. The van der Waals surface area contributed by atoms with Crippen molar-refractivity contribution in [3.8, 4) is 0 Å². The van der Waals surface area contributed by atoms with Crippen LogP contribution in [-0.4, -0.2) is 11.8 Å². The van der Waals surface area contributed by atoms with E-state index < -0.39 is 58.4 Å². The third kappa shape index (κ3) is 1.70. The van der Waals surface area contributed by atoms with Crippen LogP contribution in [-0.2, 0) is 9.59 Å². The first-order chi connectivity index (χ1) is 9.20. The van der Waals surface area contributed by atoms with Crippen LogP contribution in [0.3, 0.4) is 0 Å². The second-order valence-electron chi connectivity index (χ2n) is 4.51. The van der Waals surface area contributed by atoms with Gasteiger partial charge in [-0.3, -0.25) is 9.59 Å². The predicted octanol–water partition coefficient (Wildman–Crippen LogP) is 2.53. The van der Waals surface area contributed by atoms with Crippen LogP contribution in [0.5, 0.6) is 0 Å². The quantitative estimate of drug-likeness (QED) is 0.345. The van der Waals surface area contributed by atoms with Gasteiger partial charge in [-0.15, -0.1) is 0 Å². The molecular formula is C12H8F5NO2. The molecule has 1 aliphatic heterocycles. The molecule has 0 aromatic heterocycles. The van der Waals surface area contributed by atoms with Gasteiger partial charge in [0.1, 0.15) is 5.69 Å². The number of hydrogen-bond acceptors (Lipinski definition) is 2. The highest BCUT2D eigenvalue weighted by Gasteiger charge is 2.46. The molecule has 108 valence electrons. The fourth-order valence-electron chi connectivity index (χ4n) is 1.95. The highest BCUT2D eigenvalue weighted by Crippen LogP contribution is 2.36. The van der Waals surface area contributed by atoms with E-state index in [1.165, 1.54) is 13.8 Å². The van der Waals surface area contributed by atoms with E-state index in [1.54, 1.807) is 0 Å². The van der Waals surface area contributed by atoms with Gasteiger partial charge in [-0.25, -0.2) is 26.9 Å². The maximum Gasteiger partial charge on any atom is 0.237 e. The van der Waals surface area contributed by atoms with Crippen molar-refractivity contribution in [1.82, 2.24) is 0 Å². The molecule has 8 heteroatoms. The molecule has 1 heterocycles. The van der Waals surface area contributed by atoms with Gasteiger partial charge < -0.3 is 0 Å². The second-order valence-corrected chi connectivity index (χ2v) is 4.51. The van der Waals surface area contributed by atoms with Gasteiger partial charge in [-0.05, 0) is 0 Å². The maximum absolute atomic E-state index is 13.6. The van der Waals surface area contributed by atoms with Crippen molar-refractivity contribution >= 4 is 17.5 Å². The molecule has 1 fully saturated rings. The summed E-state index contributed by atoms with van der Waals surface area (Å²) in [5.41, 5.74) is -1.52. The van der Waals surface area contributed by atoms with Crippen LogP contribution in [0, 0.1) is 40.9 Å². The van der Waals surface area contributed by atoms with Gasteiger partial charge in [0.25, 0.3) is 0 Å². The topological polar surface area (TPSA) is 37.4 Å². The lowest BCUT2D eigenvalue weighted by Gasteiger charge is -2.17. The summed E-state index contributed by atoms with van der Waals surface area (Å²) in [6, 6.07) is 0. The summed E-state index contributed by atoms with van der Waals surface area (Å²) in [7, 11) is 0. The van der Waals surface area contributed by atoms with Crippen LogP contribution in [0.1, 0.15) is 13.8 Å². The fourth-order valence-corrected chi connectivity index (χ4v) is 1.95. The van der Waals surface area contributed by atoms with Gasteiger partial charge in [0.2, 0.25) is 17.6 Å². The van der Waals surface area contributed by atoms with Crippen LogP contribution in [0.25, 0.3) is 0 Å². The molecule has 0 aliphatic carbocycles. The standard InChI is InChI=1S/C12H8F5NO2/c1-3-4(2)12(20)18(11(3)19)10-8(16)6(14)5(13)7(15)9(10)17/h3-4H,1-2H3. The molecule has 3 nitrogen and oxygen atoms in total. The average Bonchev–Trinajstić information content (AvgIpc) is 2.61. The molecule has 1 aromatic carbocycles. The molecule has 0 radical (unpaired) electrons. The van der Waals surface area contributed by atoms with Crippen molar-refractivity contribution in [3.63, 3.8) is 0 Å². The van der Waals surface area contributed by atoms with Crippen molar-refractivity contribution in [3.05, 3.63) is 29.1 Å². The highest BCUT2D eigenvalue weighted by atomic mass is 19.2. The first-order valence-corrected chi connectivity index (χ1v) is 5.59. The zero-order valence-electron chi connectivity index (χ0n) is 10.3. The molecular weight excluding hydrogens is 285 g/mol. The minimum atomic E-state index is -2.34. The number of carbonyl (C=O) groups is 2. The van der Waals surface area contributed by atoms with E-state index in [9.17, 15) is 31.5 Å². The lowest BCUT2D eigenvalue weighted by atomic mass is 10.00. The zero-order valence-corrected chi connectivity index (χ0v) is 10.3. The Morgan fingerprint density at radius 3 is 1.35 bits per heavy atom. The van der Waals surface area contributed by atoms with Crippen LogP contribution in [0.4, 0.5) is 27.6 Å². The van der Waals surface area contributed by atoms with Gasteiger partial charge in [0, 0.05) is 11.8 Å². The summed E-state index contributed by atoms with van der Waals surface area (Å²) in [5, 5.41) is 0. The number of anilines is 1. The molecule has 2 atom stereocenters. The predicted molar refractivity (Wildman–Crippen MR) is 57.1 cm³/mol. The van der Waals surface area contributed by atoms with E-state index >= 15 is 0 Å². The molecule has 0 spiro atoms. The van der Waals surface area contributed by atoms with E-state index in [4.69, 9.17) is 0 Å². The van der Waals surface area contributed by atoms with Crippen LogP contribution < -0.4 is 4.90 Å². The van der Waals surface area contributed by atoms with E-state index in [1.807, 2.05) is 0 Å². The Morgan fingerprint density at radius 1 is 0.700 bits per heavy atom. The minimum absolute atomic E-state index is 0.0194. The summed E-state index contributed by atoms with van der Waals surface area (Å²) >= 11 is 0. The van der Waals surface area contributed by atoms with E-state index in [0.717, 1.165) is 0 Å². The Hall–Kier alpha value is -1.99. The third-order valence-corrected chi connectivity index (χ3v) is 3.38. The highest BCUT2D eigenvalue weighted by molar-refractivity contribution is 6.21. The number of amides is 2. The molecule has 1 aromatic rings. The molecule has 0 bridgehead atoms. The molecule has 1 saturated heterocycles. The lowest BCUT2D eigenvalue weighted by molar-refractivity contribution is -0.122. The van der Waals surface area contributed by atoms with Crippen molar-refractivity contribution in [2.75, 3.05) is 4.90 Å². The number of benzene rings is 1. The number of rotatable bonds is 1. The largest absolute Gasteiger partial charge is 0.274 e. The first-order valence-electron chi connectivity index (χ1n) is 5.59. The second kappa shape index (κ2) is 4.53. The van der Waals surface area contributed by atoms with Crippen LogP contribution in [0.15, 0.2) is 0 Å². The minimum Gasteiger partial charge on any atom is -0.274 e. The molecule has 2 unspecified atom stereocenters. The summed E-state index contributed by atoms with van der Waals surface area (Å²) in [6.07, 6.45) is 0. The SMILES string of the molecule is CC1C(=O)N(c2c(F)c(F)c(F)c(F)c2F)C(=O)C1C. The average molecular weight is 293 g/mol. The molecule has 20 heavy (non-hydrogen) atoms. The Labute approximate surface area is 110 Å². The molecule has 2 amide bonds. The zero-order chi connectivity index (χ0) is 15.4. The summed E-state index contributed by atoms with van der Waals surface area (Å²) < 4.78 is 66.3. The van der Waals surface area contributed by atoms with Crippen LogP contribution >= 0.6 is 0 Å². The third-order valence-electron chi connectivity index (χ3n) is 3.38. The van der Waals surface area contributed by atoms with Gasteiger partial charge in [-0.2, -0.15) is 0 Å². The van der Waals surface area contributed by atoms with E-state index in [2.05, 4.69) is 0 Å². The smallest absolute Gasteiger partial charge is 0.237 e. The number of carbonyl (C=O) groups excluding carboxylic acids is 2. The van der Waals surface area contributed by atoms with Crippen LogP contribution in [0.2, 0.25) is 0 Å². The van der Waals surface area contributed by atoms with E-state index in [0.29, 0.717) is 0 Å². The molecule has 1 aliphatic rings. The van der Waals surface area contributed by atoms with E-state index in [-0.39, 0.29) is 4.90 Å². The molecule has 2 rings (SSSR count). The van der Waals surface area contributed by atoms with Crippen molar-refractivity contribution in [2.45, 2.75) is 13.8 Å².